The molecule has 0 radical (unpaired) electrons. The zero-order valence-electron chi connectivity index (χ0n) is 14.4. The summed E-state index contributed by atoms with van der Waals surface area (Å²) in [4.78, 5) is 15.2. The first kappa shape index (κ1) is 17.0. The zero-order valence-corrected chi connectivity index (χ0v) is 14.4. The molecule has 1 aliphatic heterocycles. The Morgan fingerprint density at radius 1 is 1.32 bits per heavy atom. The number of hydrogen-bond donors (Lipinski definition) is 1. The van der Waals surface area contributed by atoms with E-state index < -0.39 is 0 Å². The normalized spacial score (nSPS) is 22.1. The van der Waals surface area contributed by atoms with Crippen LogP contribution in [0.15, 0.2) is 24.3 Å². The smallest absolute Gasteiger partial charge is 0.230 e. The van der Waals surface area contributed by atoms with Gasteiger partial charge in [0.2, 0.25) is 5.91 Å². The van der Waals surface area contributed by atoms with Crippen molar-refractivity contribution in [3.05, 3.63) is 35.4 Å². The second-order valence-corrected chi connectivity index (χ2v) is 6.79. The van der Waals surface area contributed by atoms with Crippen LogP contribution in [0.5, 0.6) is 0 Å². The molecule has 0 saturated carbocycles. The highest BCUT2D eigenvalue weighted by atomic mass is 16.2. The van der Waals surface area contributed by atoms with E-state index in [0.717, 1.165) is 25.8 Å². The Labute approximate surface area is 134 Å². The molecule has 1 amide bonds. The van der Waals surface area contributed by atoms with Crippen molar-refractivity contribution in [2.24, 2.45) is 11.1 Å². The van der Waals surface area contributed by atoms with Crippen molar-refractivity contribution in [2.75, 3.05) is 13.1 Å². The topological polar surface area (TPSA) is 46.3 Å². The fourth-order valence-corrected chi connectivity index (χ4v) is 3.82. The number of likely N-dealkylation sites (tertiary alicyclic amines) is 1. The van der Waals surface area contributed by atoms with Crippen LogP contribution in [0.1, 0.15) is 57.1 Å². The van der Waals surface area contributed by atoms with Crippen molar-refractivity contribution in [2.45, 2.75) is 58.9 Å². The summed E-state index contributed by atoms with van der Waals surface area (Å²) in [6.07, 6.45) is 2.68. The molecule has 1 aliphatic rings. The second-order valence-electron chi connectivity index (χ2n) is 6.79. The largest absolute Gasteiger partial charge is 0.339 e. The molecule has 1 aromatic rings. The minimum atomic E-state index is -0.380. The maximum absolute atomic E-state index is 13.1. The number of carbonyl (C=O) groups excluding carboxylic acids is 1. The summed E-state index contributed by atoms with van der Waals surface area (Å²) in [5, 5.41) is 0. The Morgan fingerprint density at radius 2 is 1.95 bits per heavy atom. The van der Waals surface area contributed by atoms with E-state index in [1.165, 1.54) is 11.1 Å². The van der Waals surface area contributed by atoms with Crippen molar-refractivity contribution in [1.82, 2.24) is 4.90 Å². The summed E-state index contributed by atoms with van der Waals surface area (Å²) >= 11 is 0. The van der Waals surface area contributed by atoms with Crippen LogP contribution in [0.3, 0.4) is 0 Å². The lowest BCUT2D eigenvalue weighted by Crippen LogP contribution is -2.48. The molecule has 1 aromatic carbocycles. The van der Waals surface area contributed by atoms with Gasteiger partial charge in [-0.15, -0.1) is 0 Å². The van der Waals surface area contributed by atoms with Crippen LogP contribution in [-0.2, 0) is 4.79 Å². The molecule has 1 heterocycles. The van der Waals surface area contributed by atoms with Gasteiger partial charge < -0.3 is 10.6 Å². The molecule has 0 spiro atoms. The van der Waals surface area contributed by atoms with Crippen LogP contribution < -0.4 is 5.73 Å². The Bertz CT molecular complexity index is 514. The molecule has 3 nitrogen and oxygen atoms in total. The molecule has 2 atom stereocenters. The quantitative estimate of drug-likeness (QED) is 0.905. The van der Waals surface area contributed by atoms with Crippen molar-refractivity contribution < 1.29 is 4.79 Å². The number of benzene rings is 1. The third kappa shape index (κ3) is 2.91. The first-order valence-corrected chi connectivity index (χ1v) is 8.55. The highest BCUT2D eigenvalue weighted by Gasteiger charge is 2.42. The fraction of sp³-hybridized carbons (Fsp3) is 0.632. The molecule has 0 bridgehead atoms. The molecule has 3 heteroatoms. The monoisotopic (exact) mass is 302 g/mol. The molecule has 2 unspecified atom stereocenters. The van der Waals surface area contributed by atoms with Crippen molar-refractivity contribution in [3.63, 3.8) is 0 Å². The number of rotatable bonds is 5. The van der Waals surface area contributed by atoms with Gasteiger partial charge in [-0.1, -0.05) is 38.1 Å². The molecule has 122 valence electrons. The maximum Gasteiger partial charge on any atom is 0.230 e. The highest BCUT2D eigenvalue weighted by Crippen LogP contribution is 2.37. The summed E-state index contributed by atoms with van der Waals surface area (Å²) in [6.45, 7) is 9.75. The summed E-state index contributed by atoms with van der Waals surface area (Å²) in [7, 11) is 0. The standard InChI is InChI=1S/C19H30N2O/c1-5-19(6-2,13-20)18(22)21-12-16(11-15(21)4)17-10-8-7-9-14(17)3/h7-10,15-16H,5-6,11-13,20H2,1-4H3. The molecular formula is C19H30N2O. The number of carbonyl (C=O) groups is 1. The lowest BCUT2D eigenvalue weighted by molar-refractivity contribution is -0.142. The lowest BCUT2D eigenvalue weighted by Gasteiger charge is -2.35. The van der Waals surface area contributed by atoms with Gasteiger partial charge in [-0.05, 0) is 44.2 Å². The number of aryl methyl sites for hydroxylation is 1. The lowest BCUT2D eigenvalue weighted by atomic mass is 9.81. The van der Waals surface area contributed by atoms with E-state index in [-0.39, 0.29) is 11.3 Å². The van der Waals surface area contributed by atoms with Crippen molar-refractivity contribution in [1.29, 1.82) is 0 Å². The summed E-state index contributed by atoms with van der Waals surface area (Å²) in [5.74, 6) is 0.702. The van der Waals surface area contributed by atoms with Crippen LogP contribution in [0.2, 0.25) is 0 Å². The van der Waals surface area contributed by atoms with Gasteiger partial charge in [-0.25, -0.2) is 0 Å². The van der Waals surface area contributed by atoms with E-state index in [2.05, 4.69) is 56.9 Å². The molecule has 2 rings (SSSR count). The van der Waals surface area contributed by atoms with Crippen molar-refractivity contribution in [3.8, 4) is 0 Å². The van der Waals surface area contributed by atoms with Gasteiger partial charge in [0.15, 0.2) is 0 Å². The van der Waals surface area contributed by atoms with E-state index in [0.29, 0.717) is 18.5 Å². The third-order valence-electron chi connectivity index (χ3n) is 5.66. The summed E-state index contributed by atoms with van der Waals surface area (Å²) < 4.78 is 0. The predicted molar refractivity (Wildman–Crippen MR) is 91.8 cm³/mol. The Balaban J connectivity index is 2.21. The first-order valence-electron chi connectivity index (χ1n) is 8.55. The SMILES string of the molecule is CCC(CC)(CN)C(=O)N1CC(c2ccccc2C)CC1C. The maximum atomic E-state index is 13.1. The predicted octanol–water partition coefficient (Wildman–Crippen LogP) is 3.46. The average molecular weight is 302 g/mol. The fourth-order valence-electron chi connectivity index (χ4n) is 3.82. The van der Waals surface area contributed by atoms with Crippen LogP contribution >= 0.6 is 0 Å². The van der Waals surface area contributed by atoms with Gasteiger partial charge in [0.05, 0.1) is 5.41 Å². The summed E-state index contributed by atoms with van der Waals surface area (Å²) in [6, 6.07) is 8.83. The number of nitrogens with two attached hydrogens (primary N) is 1. The van der Waals surface area contributed by atoms with E-state index >= 15 is 0 Å². The Hall–Kier alpha value is -1.35. The molecule has 2 N–H and O–H groups in total. The first-order chi connectivity index (χ1) is 10.5. The van der Waals surface area contributed by atoms with E-state index in [1.54, 1.807) is 0 Å². The summed E-state index contributed by atoms with van der Waals surface area (Å²) in [5.41, 5.74) is 8.29. The Kier molecular flexibility index (Phi) is 5.28. The van der Waals surface area contributed by atoms with Crippen LogP contribution in [0.4, 0.5) is 0 Å². The van der Waals surface area contributed by atoms with Crippen LogP contribution in [0.25, 0.3) is 0 Å². The zero-order chi connectivity index (χ0) is 16.3. The second kappa shape index (κ2) is 6.82. The molecule has 1 fully saturated rings. The molecule has 1 saturated heterocycles. The van der Waals surface area contributed by atoms with E-state index in [4.69, 9.17) is 5.73 Å². The minimum absolute atomic E-state index is 0.253. The van der Waals surface area contributed by atoms with E-state index in [1.807, 2.05) is 0 Å². The Morgan fingerprint density at radius 3 is 2.50 bits per heavy atom. The molecule has 0 aliphatic carbocycles. The van der Waals surface area contributed by atoms with Gasteiger partial charge in [0.25, 0.3) is 0 Å². The molecular weight excluding hydrogens is 272 g/mol. The molecule has 0 aromatic heterocycles. The van der Waals surface area contributed by atoms with Gasteiger partial charge in [-0.3, -0.25) is 4.79 Å². The number of nitrogens with zero attached hydrogens (tertiary/aromatic N) is 1. The van der Waals surface area contributed by atoms with Gasteiger partial charge >= 0.3 is 0 Å². The minimum Gasteiger partial charge on any atom is -0.339 e. The van der Waals surface area contributed by atoms with E-state index in [9.17, 15) is 4.79 Å². The average Bonchev–Trinajstić information content (AvgIpc) is 2.91. The number of hydrogen-bond acceptors (Lipinski definition) is 2. The van der Waals surface area contributed by atoms with Gasteiger partial charge in [0.1, 0.15) is 0 Å². The van der Waals surface area contributed by atoms with Crippen molar-refractivity contribution >= 4 is 5.91 Å². The number of amides is 1. The van der Waals surface area contributed by atoms with Gasteiger partial charge in [-0.2, -0.15) is 0 Å². The van der Waals surface area contributed by atoms with Crippen LogP contribution in [-0.4, -0.2) is 29.9 Å². The third-order valence-corrected chi connectivity index (χ3v) is 5.66. The highest BCUT2D eigenvalue weighted by molar-refractivity contribution is 5.83. The molecule has 22 heavy (non-hydrogen) atoms. The van der Waals surface area contributed by atoms with Crippen LogP contribution in [0, 0.1) is 12.3 Å². The van der Waals surface area contributed by atoms with Gasteiger partial charge in [0, 0.05) is 25.0 Å².